The SMILES string of the molecule is O=C1N(Cc2ccc(F)c(F)c2)CCC[C@]1(O)CNCCc1ccco1. The van der Waals surface area contributed by atoms with Crippen LogP contribution in [0.2, 0.25) is 0 Å². The number of carbonyl (C=O) groups excluding carboxylic acids is 1. The number of likely N-dealkylation sites (tertiary alicyclic amines) is 1. The second-order valence-corrected chi connectivity index (χ2v) is 6.62. The highest BCUT2D eigenvalue weighted by Crippen LogP contribution is 2.24. The maximum Gasteiger partial charge on any atom is 0.256 e. The number of furan rings is 1. The lowest BCUT2D eigenvalue weighted by Crippen LogP contribution is -2.57. The van der Waals surface area contributed by atoms with E-state index in [1.807, 2.05) is 12.1 Å². The molecule has 1 saturated heterocycles. The quantitative estimate of drug-likeness (QED) is 0.740. The molecule has 2 heterocycles. The lowest BCUT2D eigenvalue weighted by atomic mass is 9.91. The summed E-state index contributed by atoms with van der Waals surface area (Å²) in [6, 6.07) is 7.25. The third-order valence-corrected chi connectivity index (χ3v) is 4.61. The zero-order valence-corrected chi connectivity index (χ0v) is 14.4. The molecule has 1 aromatic heterocycles. The van der Waals surface area contributed by atoms with Crippen molar-refractivity contribution in [3.05, 3.63) is 59.6 Å². The number of nitrogens with one attached hydrogen (secondary N) is 1. The normalized spacial score (nSPS) is 20.6. The van der Waals surface area contributed by atoms with Crippen molar-refractivity contribution in [1.29, 1.82) is 0 Å². The van der Waals surface area contributed by atoms with E-state index in [4.69, 9.17) is 4.42 Å². The van der Waals surface area contributed by atoms with Crippen LogP contribution in [0.3, 0.4) is 0 Å². The molecule has 1 fully saturated rings. The molecule has 3 rings (SSSR count). The van der Waals surface area contributed by atoms with Crippen LogP contribution < -0.4 is 5.32 Å². The highest BCUT2D eigenvalue weighted by Gasteiger charge is 2.41. The Kier molecular flexibility index (Phi) is 5.68. The van der Waals surface area contributed by atoms with E-state index in [9.17, 15) is 18.7 Å². The highest BCUT2D eigenvalue weighted by atomic mass is 19.2. The average Bonchev–Trinajstić information content (AvgIpc) is 3.13. The van der Waals surface area contributed by atoms with E-state index in [2.05, 4.69) is 5.32 Å². The number of aliphatic hydroxyl groups is 1. The minimum Gasteiger partial charge on any atom is -0.469 e. The molecule has 0 bridgehead atoms. The molecule has 5 nitrogen and oxygen atoms in total. The minimum absolute atomic E-state index is 0.140. The Morgan fingerprint density at radius 3 is 2.85 bits per heavy atom. The second-order valence-electron chi connectivity index (χ2n) is 6.62. The Bertz CT molecular complexity index is 751. The summed E-state index contributed by atoms with van der Waals surface area (Å²) >= 11 is 0. The van der Waals surface area contributed by atoms with E-state index >= 15 is 0 Å². The molecule has 7 heteroatoms. The largest absolute Gasteiger partial charge is 0.469 e. The first-order chi connectivity index (χ1) is 12.5. The molecule has 0 radical (unpaired) electrons. The predicted molar refractivity (Wildman–Crippen MR) is 91.2 cm³/mol. The van der Waals surface area contributed by atoms with Crippen molar-refractivity contribution in [3.8, 4) is 0 Å². The third kappa shape index (κ3) is 4.28. The van der Waals surface area contributed by atoms with Crippen LogP contribution in [0.25, 0.3) is 0 Å². The fourth-order valence-electron chi connectivity index (χ4n) is 3.20. The van der Waals surface area contributed by atoms with Crippen molar-refractivity contribution >= 4 is 5.91 Å². The Morgan fingerprint density at radius 2 is 2.12 bits per heavy atom. The van der Waals surface area contributed by atoms with Crippen LogP contribution in [0.5, 0.6) is 0 Å². The molecule has 0 spiro atoms. The summed E-state index contributed by atoms with van der Waals surface area (Å²) in [5.41, 5.74) is -0.993. The van der Waals surface area contributed by atoms with Gasteiger partial charge in [-0.15, -0.1) is 0 Å². The standard InChI is InChI=1S/C19H22F2N2O3/c20-16-5-4-14(11-17(16)21)12-23-9-2-7-19(25,18(23)24)13-22-8-6-15-3-1-10-26-15/h1,3-5,10-11,22,25H,2,6-9,12-13H2/t19-/m0/s1. The summed E-state index contributed by atoms with van der Waals surface area (Å²) in [5, 5.41) is 13.8. The summed E-state index contributed by atoms with van der Waals surface area (Å²) in [7, 11) is 0. The molecule has 1 aromatic carbocycles. The van der Waals surface area contributed by atoms with Crippen LogP contribution in [0, 0.1) is 11.6 Å². The fraction of sp³-hybridized carbons (Fsp3) is 0.421. The number of hydrogen-bond donors (Lipinski definition) is 2. The van der Waals surface area contributed by atoms with Gasteiger partial charge in [-0.3, -0.25) is 4.79 Å². The average molecular weight is 364 g/mol. The fourth-order valence-corrected chi connectivity index (χ4v) is 3.20. The van der Waals surface area contributed by atoms with Crippen LogP contribution in [0.15, 0.2) is 41.0 Å². The van der Waals surface area contributed by atoms with E-state index < -0.39 is 17.2 Å². The van der Waals surface area contributed by atoms with Crippen molar-refractivity contribution in [2.45, 2.75) is 31.4 Å². The van der Waals surface area contributed by atoms with Gasteiger partial charge in [0.15, 0.2) is 17.2 Å². The number of piperidine rings is 1. The van der Waals surface area contributed by atoms with Gasteiger partial charge in [0.25, 0.3) is 5.91 Å². The van der Waals surface area contributed by atoms with Crippen LogP contribution in [0.4, 0.5) is 8.78 Å². The first-order valence-electron chi connectivity index (χ1n) is 8.67. The molecule has 0 saturated carbocycles. The Hall–Kier alpha value is -2.25. The first kappa shape index (κ1) is 18.5. The first-order valence-corrected chi connectivity index (χ1v) is 8.67. The Labute approximate surface area is 150 Å². The summed E-state index contributed by atoms with van der Waals surface area (Å²) in [4.78, 5) is 14.2. The topological polar surface area (TPSA) is 65.7 Å². The van der Waals surface area contributed by atoms with Gasteiger partial charge in [0.2, 0.25) is 0 Å². The van der Waals surface area contributed by atoms with Gasteiger partial charge in [0, 0.05) is 32.6 Å². The molecule has 1 atom stereocenters. The predicted octanol–water partition coefficient (Wildman–Crippen LogP) is 2.24. The lowest BCUT2D eigenvalue weighted by Gasteiger charge is -2.38. The van der Waals surface area contributed by atoms with E-state index in [1.165, 1.54) is 11.0 Å². The molecule has 1 amide bonds. The van der Waals surface area contributed by atoms with Gasteiger partial charge >= 0.3 is 0 Å². The Balaban J connectivity index is 1.56. The van der Waals surface area contributed by atoms with Gasteiger partial charge in [-0.05, 0) is 42.7 Å². The van der Waals surface area contributed by atoms with E-state index in [0.717, 1.165) is 17.9 Å². The monoisotopic (exact) mass is 364 g/mol. The zero-order chi connectivity index (χ0) is 18.6. The second kappa shape index (κ2) is 7.97. The van der Waals surface area contributed by atoms with Gasteiger partial charge in [-0.25, -0.2) is 8.78 Å². The molecule has 0 aliphatic carbocycles. The summed E-state index contributed by atoms with van der Waals surface area (Å²) < 4.78 is 31.6. The molecule has 1 aliphatic heterocycles. The van der Waals surface area contributed by atoms with Gasteiger partial charge in [0.05, 0.1) is 6.26 Å². The molecule has 2 aromatic rings. The van der Waals surface area contributed by atoms with Crippen LogP contribution in [-0.2, 0) is 17.8 Å². The number of amides is 1. The number of carbonyl (C=O) groups is 1. The zero-order valence-electron chi connectivity index (χ0n) is 14.4. The van der Waals surface area contributed by atoms with Gasteiger partial charge in [0.1, 0.15) is 5.76 Å². The van der Waals surface area contributed by atoms with Gasteiger partial charge in [-0.1, -0.05) is 6.07 Å². The van der Waals surface area contributed by atoms with Crippen LogP contribution in [0.1, 0.15) is 24.2 Å². The van der Waals surface area contributed by atoms with Crippen LogP contribution in [-0.4, -0.2) is 41.1 Å². The number of rotatable bonds is 7. The Morgan fingerprint density at radius 1 is 1.27 bits per heavy atom. The molecule has 0 unspecified atom stereocenters. The maximum absolute atomic E-state index is 13.4. The van der Waals surface area contributed by atoms with Gasteiger partial charge < -0.3 is 19.7 Å². The summed E-state index contributed by atoms with van der Waals surface area (Å²) in [5.74, 6) is -1.42. The molecular formula is C19H22F2N2O3. The maximum atomic E-state index is 13.4. The summed E-state index contributed by atoms with van der Waals surface area (Å²) in [6.45, 7) is 1.34. The van der Waals surface area contributed by atoms with Crippen molar-refractivity contribution < 1.29 is 23.1 Å². The van der Waals surface area contributed by atoms with Crippen molar-refractivity contribution in [2.75, 3.05) is 19.6 Å². The molecule has 26 heavy (non-hydrogen) atoms. The smallest absolute Gasteiger partial charge is 0.256 e. The van der Waals surface area contributed by atoms with Gasteiger partial charge in [-0.2, -0.15) is 0 Å². The number of hydrogen-bond acceptors (Lipinski definition) is 4. The van der Waals surface area contributed by atoms with Crippen molar-refractivity contribution in [3.63, 3.8) is 0 Å². The molecule has 2 N–H and O–H groups in total. The van der Waals surface area contributed by atoms with E-state index in [0.29, 0.717) is 37.9 Å². The highest BCUT2D eigenvalue weighted by molar-refractivity contribution is 5.86. The van der Waals surface area contributed by atoms with E-state index in [1.54, 1.807) is 6.26 Å². The lowest BCUT2D eigenvalue weighted by molar-refractivity contribution is -0.157. The summed E-state index contributed by atoms with van der Waals surface area (Å²) in [6.07, 6.45) is 3.28. The molecule has 1 aliphatic rings. The number of benzene rings is 1. The number of halogens is 2. The van der Waals surface area contributed by atoms with Crippen molar-refractivity contribution in [2.24, 2.45) is 0 Å². The minimum atomic E-state index is -1.49. The molecular weight excluding hydrogens is 342 g/mol. The third-order valence-electron chi connectivity index (χ3n) is 4.61. The molecule has 140 valence electrons. The number of nitrogens with zero attached hydrogens (tertiary/aromatic N) is 1. The van der Waals surface area contributed by atoms with Crippen LogP contribution >= 0.6 is 0 Å². The van der Waals surface area contributed by atoms with E-state index in [-0.39, 0.29) is 19.0 Å². The van der Waals surface area contributed by atoms with Crippen molar-refractivity contribution in [1.82, 2.24) is 10.2 Å².